The summed E-state index contributed by atoms with van der Waals surface area (Å²) in [5, 5.41) is 1.18. The van der Waals surface area contributed by atoms with Gasteiger partial charge in [-0.2, -0.15) is 0 Å². The minimum Gasteiger partial charge on any atom is -0.255 e. The molecule has 1 aromatic heterocycles. The van der Waals surface area contributed by atoms with Crippen molar-refractivity contribution in [1.82, 2.24) is 4.98 Å². The van der Waals surface area contributed by atoms with Crippen molar-refractivity contribution >= 4 is 55.5 Å². The minimum absolute atomic E-state index is 0.0225. The molecule has 0 fully saturated rings. The predicted molar refractivity (Wildman–Crippen MR) is 93.4 cm³/mol. The third kappa shape index (κ3) is 3.04. The van der Waals surface area contributed by atoms with Crippen LogP contribution in [0.1, 0.15) is 5.56 Å². The largest absolute Gasteiger partial charge is 0.255 e. The standard InChI is InChI=1S/C16H10Cl3NO2S/c1-9-2-3-14-13(4-9)16(19)15(8-20-14)23(21,22)12-6-10(17)5-11(18)7-12/h2-8H,1H3. The van der Waals surface area contributed by atoms with Crippen LogP contribution in [0.15, 0.2) is 52.4 Å². The molecule has 23 heavy (non-hydrogen) atoms. The number of aromatic nitrogens is 1. The lowest BCUT2D eigenvalue weighted by Crippen LogP contribution is -2.04. The van der Waals surface area contributed by atoms with E-state index in [9.17, 15) is 8.42 Å². The number of benzene rings is 2. The Balaban J connectivity index is 2.28. The highest BCUT2D eigenvalue weighted by atomic mass is 35.5. The summed E-state index contributed by atoms with van der Waals surface area (Å²) in [4.78, 5) is 4.09. The van der Waals surface area contributed by atoms with Crippen LogP contribution >= 0.6 is 34.8 Å². The van der Waals surface area contributed by atoms with Crippen LogP contribution in [0.5, 0.6) is 0 Å². The first kappa shape index (κ1) is 16.5. The summed E-state index contributed by atoms with van der Waals surface area (Å²) in [5.74, 6) is 0. The Hall–Kier alpha value is -1.33. The molecule has 0 saturated carbocycles. The maximum absolute atomic E-state index is 12.8. The Bertz CT molecular complexity index is 1010. The molecule has 0 N–H and O–H groups in total. The van der Waals surface area contributed by atoms with Gasteiger partial charge in [-0.05, 0) is 37.3 Å². The van der Waals surface area contributed by atoms with Crippen LogP contribution in [0, 0.1) is 6.92 Å². The number of nitrogens with zero attached hydrogens (tertiary/aromatic N) is 1. The molecule has 0 radical (unpaired) electrons. The third-order valence-electron chi connectivity index (χ3n) is 3.36. The molecule has 7 heteroatoms. The summed E-state index contributed by atoms with van der Waals surface area (Å²) in [6.45, 7) is 1.90. The normalized spacial score (nSPS) is 11.8. The molecule has 3 aromatic rings. The number of aryl methyl sites for hydroxylation is 1. The Kier molecular flexibility index (Phi) is 4.27. The van der Waals surface area contributed by atoms with Gasteiger partial charge in [0.05, 0.1) is 15.4 Å². The van der Waals surface area contributed by atoms with Crippen LogP contribution in [0.2, 0.25) is 15.1 Å². The zero-order chi connectivity index (χ0) is 16.8. The van der Waals surface area contributed by atoms with Gasteiger partial charge < -0.3 is 0 Å². The molecule has 1 heterocycles. The lowest BCUT2D eigenvalue weighted by atomic mass is 10.1. The van der Waals surface area contributed by atoms with E-state index < -0.39 is 9.84 Å². The van der Waals surface area contributed by atoms with Crippen molar-refractivity contribution in [3.05, 3.63) is 63.2 Å². The first-order chi connectivity index (χ1) is 10.8. The average Bonchev–Trinajstić information content (AvgIpc) is 2.47. The van der Waals surface area contributed by atoms with Crippen molar-refractivity contribution in [2.75, 3.05) is 0 Å². The SMILES string of the molecule is Cc1ccc2ncc(S(=O)(=O)c3cc(Cl)cc(Cl)c3)c(Cl)c2c1. The fourth-order valence-corrected chi connectivity index (χ4v) is 4.77. The number of fused-ring (bicyclic) bond motifs is 1. The van der Waals surface area contributed by atoms with Gasteiger partial charge in [0.15, 0.2) is 0 Å². The van der Waals surface area contributed by atoms with Crippen LogP contribution in [-0.2, 0) is 9.84 Å². The first-order valence-corrected chi connectivity index (χ1v) is 9.17. The molecule has 0 unspecified atom stereocenters. The predicted octanol–water partition coefficient (Wildman–Crippen LogP) is 5.34. The van der Waals surface area contributed by atoms with Gasteiger partial charge in [0, 0.05) is 21.6 Å². The van der Waals surface area contributed by atoms with Crippen LogP contribution < -0.4 is 0 Å². The number of hydrogen-bond donors (Lipinski definition) is 0. The van der Waals surface area contributed by atoms with E-state index >= 15 is 0 Å². The third-order valence-corrected chi connectivity index (χ3v) is 6.06. The second kappa shape index (κ2) is 5.95. The van der Waals surface area contributed by atoms with E-state index in [0.29, 0.717) is 10.9 Å². The van der Waals surface area contributed by atoms with Crippen molar-refractivity contribution in [3.8, 4) is 0 Å². The molecular formula is C16H10Cl3NO2S. The van der Waals surface area contributed by atoms with E-state index in [2.05, 4.69) is 4.98 Å². The summed E-state index contributed by atoms with van der Waals surface area (Å²) in [7, 11) is -3.88. The molecule has 3 rings (SSSR count). The lowest BCUT2D eigenvalue weighted by Gasteiger charge is -2.10. The Morgan fingerprint density at radius 1 is 0.957 bits per heavy atom. The van der Waals surface area contributed by atoms with E-state index in [-0.39, 0.29) is 24.9 Å². The van der Waals surface area contributed by atoms with Gasteiger partial charge in [0.1, 0.15) is 4.90 Å². The fraction of sp³-hybridized carbons (Fsp3) is 0.0625. The second-order valence-electron chi connectivity index (χ2n) is 5.07. The summed E-state index contributed by atoms with van der Waals surface area (Å²) < 4.78 is 25.7. The molecule has 0 bridgehead atoms. The molecule has 0 atom stereocenters. The monoisotopic (exact) mass is 385 g/mol. The Morgan fingerprint density at radius 3 is 2.26 bits per heavy atom. The van der Waals surface area contributed by atoms with Gasteiger partial charge in [-0.25, -0.2) is 8.42 Å². The smallest absolute Gasteiger partial charge is 0.209 e. The zero-order valence-corrected chi connectivity index (χ0v) is 14.9. The highest BCUT2D eigenvalue weighted by Crippen LogP contribution is 2.34. The second-order valence-corrected chi connectivity index (χ2v) is 8.23. The van der Waals surface area contributed by atoms with E-state index in [1.807, 2.05) is 13.0 Å². The number of halogens is 3. The maximum atomic E-state index is 12.8. The van der Waals surface area contributed by atoms with Crippen molar-refractivity contribution in [3.63, 3.8) is 0 Å². The van der Waals surface area contributed by atoms with Crippen molar-refractivity contribution in [2.24, 2.45) is 0 Å². The molecule has 0 amide bonds. The zero-order valence-electron chi connectivity index (χ0n) is 11.8. The van der Waals surface area contributed by atoms with Gasteiger partial charge in [0.2, 0.25) is 9.84 Å². The number of sulfone groups is 1. The van der Waals surface area contributed by atoms with Gasteiger partial charge in [0.25, 0.3) is 0 Å². The van der Waals surface area contributed by atoms with E-state index in [4.69, 9.17) is 34.8 Å². The van der Waals surface area contributed by atoms with Gasteiger partial charge >= 0.3 is 0 Å². The molecular weight excluding hydrogens is 377 g/mol. The quantitative estimate of drug-likeness (QED) is 0.597. The highest BCUT2D eigenvalue weighted by Gasteiger charge is 2.24. The lowest BCUT2D eigenvalue weighted by molar-refractivity contribution is 0.596. The van der Waals surface area contributed by atoms with Crippen LogP contribution in [-0.4, -0.2) is 13.4 Å². The minimum atomic E-state index is -3.88. The number of hydrogen-bond acceptors (Lipinski definition) is 3. The fourth-order valence-electron chi connectivity index (χ4n) is 2.25. The van der Waals surface area contributed by atoms with Crippen molar-refractivity contribution in [2.45, 2.75) is 16.7 Å². The molecule has 0 aliphatic heterocycles. The Morgan fingerprint density at radius 2 is 1.61 bits per heavy atom. The molecule has 0 spiro atoms. The van der Waals surface area contributed by atoms with E-state index in [1.165, 1.54) is 24.4 Å². The van der Waals surface area contributed by atoms with Gasteiger partial charge in [-0.3, -0.25) is 4.98 Å². The van der Waals surface area contributed by atoms with E-state index in [1.54, 1.807) is 12.1 Å². The summed E-state index contributed by atoms with van der Waals surface area (Å²) >= 11 is 18.1. The van der Waals surface area contributed by atoms with Crippen LogP contribution in [0.3, 0.4) is 0 Å². The average molecular weight is 387 g/mol. The number of rotatable bonds is 2. The molecule has 0 aliphatic carbocycles. The molecule has 118 valence electrons. The first-order valence-electron chi connectivity index (χ1n) is 6.55. The summed E-state index contributed by atoms with van der Waals surface area (Å²) in [6.07, 6.45) is 1.25. The van der Waals surface area contributed by atoms with Crippen molar-refractivity contribution in [1.29, 1.82) is 0 Å². The topological polar surface area (TPSA) is 47.0 Å². The van der Waals surface area contributed by atoms with E-state index in [0.717, 1.165) is 5.56 Å². The molecule has 0 aliphatic rings. The highest BCUT2D eigenvalue weighted by molar-refractivity contribution is 7.91. The van der Waals surface area contributed by atoms with Crippen molar-refractivity contribution < 1.29 is 8.42 Å². The molecule has 3 nitrogen and oxygen atoms in total. The molecule has 2 aromatic carbocycles. The number of pyridine rings is 1. The summed E-state index contributed by atoms with van der Waals surface area (Å²) in [5.41, 5.74) is 1.59. The summed E-state index contributed by atoms with van der Waals surface area (Å²) in [6, 6.07) is 9.61. The maximum Gasteiger partial charge on any atom is 0.209 e. The van der Waals surface area contributed by atoms with Crippen LogP contribution in [0.25, 0.3) is 10.9 Å². The molecule has 0 saturated heterocycles. The Labute approximate surface area is 148 Å². The van der Waals surface area contributed by atoms with Gasteiger partial charge in [-0.1, -0.05) is 46.4 Å². The van der Waals surface area contributed by atoms with Gasteiger partial charge in [-0.15, -0.1) is 0 Å². The van der Waals surface area contributed by atoms with Crippen LogP contribution in [0.4, 0.5) is 0 Å².